The maximum Gasteiger partial charge on any atom is 0.387 e. The summed E-state index contributed by atoms with van der Waals surface area (Å²) >= 11 is 6.38. The van der Waals surface area contributed by atoms with Gasteiger partial charge in [0.25, 0.3) is 11.5 Å². The van der Waals surface area contributed by atoms with Crippen molar-refractivity contribution in [1.82, 2.24) is 14.3 Å². The van der Waals surface area contributed by atoms with Crippen LogP contribution in [0.5, 0.6) is 11.5 Å². The first-order valence-corrected chi connectivity index (χ1v) is 11.2. The predicted octanol–water partition coefficient (Wildman–Crippen LogP) is 5.34. The summed E-state index contributed by atoms with van der Waals surface area (Å²) in [5.74, 6) is -3.33. The number of nitrogens with one attached hydrogen (secondary N) is 1. The maximum atomic E-state index is 15.2. The van der Waals surface area contributed by atoms with Crippen molar-refractivity contribution >= 4 is 23.2 Å². The van der Waals surface area contributed by atoms with Crippen LogP contribution in [0.25, 0.3) is 17.1 Å². The highest BCUT2D eigenvalue weighted by atomic mass is 35.5. The number of carbonyl (C=O) groups excluding carboxylic acids is 1. The number of amides is 1. The third-order valence-electron chi connectivity index (χ3n) is 5.60. The summed E-state index contributed by atoms with van der Waals surface area (Å²) in [5, 5.41) is 2.49. The molecule has 0 aliphatic carbocycles. The highest BCUT2D eigenvalue weighted by molar-refractivity contribution is 6.32. The summed E-state index contributed by atoms with van der Waals surface area (Å²) in [6, 6.07) is 8.07. The Hall–Kier alpha value is -4.32. The van der Waals surface area contributed by atoms with Crippen molar-refractivity contribution in [3.63, 3.8) is 0 Å². The molecule has 1 N–H and O–H groups in total. The molecule has 0 atom stereocenters. The number of anilines is 1. The van der Waals surface area contributed by atoms with Gasteiger partial charge in [0.05, 0.1) is 17.7 Å². The van der Waals surface area contributed by atoms with Crippen LogP contribution in [-0.4, -0.2) is 34.0 Å². The Morgan fingerprint density at radius 1 is 1.08 bits per heavy atom. The van der Waals surface area contributed by atoms with E-state index in [1.807, 2.05) is 0 Å². The van der Waals surface area contributed by atoms with Gasteiger partial charge in [0.1, 0.15) is 34.5 Å². The number of pyridine rings is 1. The third-order valence-corrected chi connectivity index (χ3v) is 6.07. The summed E-state index contributed by atoms with van der Waals surface area (Å²) < 4.78 is 66.4. The van der Waals surface area contributed by atoms with Gasteiger partial charge in [-0.3, -0.25) is 14.3 Å². The van der Waals surface area contributed by atoms with Crippen LogP contribution in [0, 0.1) is 18.6 Å². The van der Waals surface area contributed by atoms with Crippen molar-refractivity contribution in [3.8, 4) is 28.6 Å². The molecule has 0 aliphatic rings. The van der Waals surface area contributed by atoms with Crippen molar-refractivity contribution in [2.24, 2.45) is 7.05 Å². The van der Waals surface area contributed by atoms with Crippen molar-refractivity contribution in [2.75, 3.05) is 12.4 Å². The number of hydrogen-bond acceptors (Lipinski definition) is 5. The van der Waals surface area contributed by atoms with Gasteiger partial charge in [0.2, 0.25) is 0 Å². The maximum absolute atomic E-state index is 15.2. The van der Waals surface area contributed by atoms with Crippen molar-refractivity contribution in [2.45, 2.75) is 13.5 Å². The van der Waals surface area contributed by atoms with E-state index in [0.29, 0.717) is 5.56 Å². The number of methoxy groups -OCH3 is 1. The first kappa shape index (κ1) is 26.7. The van der Waals surface area contributed by atoms with Gasteiger partial charge in [-0.15, -0.1) is 0 Å². The average molecular weight is 551 g/mol. The molecule has 2 aromatic heterocycles. The molecule has 1 amide bonds. The van der Waals surface area contributed by atoms with E-state index in [1.54, 1.807) is 13.0 Å². The van der Waals surface area contributed by atoms with E-state index >= 15 is 8.78 Å². The standard InChI is InChI=1S/C25H19ClF4N4O4/c1-12-8-9-31-22(19(12)26)34-24(36)20(32-23(35)13-4-6-14(7-5-13)38-25(29)30)21(33(34)2)18-16(27)10-15(37-3)11-17(18)28/h4-11,25H,1-3H3,(H,32,35). The molecule has 4 aromatic rings. The molecule has 8 nitrogen and oxygen atoms in total. The molecule has 198 valence electrons. The topological polar surface area (TPSA) is 87.4 Å². The largest absolute Gasteiger partial charge is 0.497 e. The Bertz CT molecular complexity index is 1560. The monoisotopic (exact) mass is 550 g/mol. The fraction of sp³-hybridized carbons (Fsp3) is 0.160. The molecule has 4 rings (SSSR count). The SMILES string of the molecule is COc1cc(F)c(-c2c(NC(=O)c3ccc(OC(F)F)cc3)c(=O)n(-c3nccc(C)c3Cl)n2C)c(F)c1. The van der Waals surface area contributed by atoms with Crippen molar-refractivity contribution in [3.05, 3.63) is 86.8 Å². The number of aromatic nitrogens is 3. The number of carbonyl (C=O) groups is 1. The fourth-order valence-electron chi connectivity index (χ4n) is 3.78. The van der Waals surface area contributed by atoms with Crippen LogP contribution in [0.15, 0.2) is 53.5 Å². The third kappa shape index (κ3) is 4.94. The number of alkyl halides is 2. The second-order valence-corrected chi connectivity index (χ2v) is 8.33. The molecule has 0 radical (unpaired) electrons. The van der Waals surface area contributed by atoms with Crippen molar-refractivity contribution < 1.29 is 31.8 Å². The molecule has 2 heterocycles. The Morgan fingerprint density at radius 3 is 2.29 bits per heavy atom. The lowest BCUT2D eigenvalue weighted by atomic mass is 10.1. The zero-order valence-corrected chi connectivity index (χ0v) is 20.8. The Morgan fingerprint density at radius 2 is 1.71 bits per heavy atom. The average Bonchev–Trinajstić information content (AvgIpc) is 3.09. The van der Waals surface area contributed by atoms with Gasteiger partial charge in [-0.2, -0.15) is 13.5 Å². The van der Waals surface area contributed by atoms with Gasteiger partial charge in [0, 0.05) is 30.9 Å². The van der Waals surface area contributed by atoms with Crippen molar-refractivity contribution in [1.29, 1.82) is 0 Å². The minimum absolute atomic E-state index is 0.0382. The molecule has 38 heavy (non-hydrogen) atoms. The molecule has 0 saturated carbocycles. The lowest BCUT2D eigenvalue weighted by Gasteiger charge is -2.13. The molecule has 13 heteroatoms. The van der Waals surface area contributed by atoms with E-state index < -0.39 is 41.0 Å². The first-order valence-electron chi connectivity index (χ1n) is 10.9. The van der Waals surface area contributed by atoms with Gasteiger partial charge in [-0.1, -0.05) is 11.6 Å². The number of aryl methyl sites for hydroxylation is 1. The summed E-state index contributed by atoms with van der Waals surface area (Å²) in [7, 11) is 2.57. The molecule has 0 unspecified atom stereocenters. The zero-order chi connectivity index (χ0) is 27.7. The van der Waals surface area contributed by atoms with E-state index in [4.69, 9.17) is 16.3 Å². The van der Waals surface area contributed by atoms with Gasteiger partial charge in [-0.25, -0.2) is 13.8 Å². The molecule has 0 fully saturated rings. The van der Waals surface area contributed by atoms with Crippen LogP contribution in [0.3, 0.4) is 0 Å². The normalized spacial score (nSPS) is 11.1. The first-order chi connectivity index (χ1) is 18.0. The van der Waals surface area contributed by atoms with E-state index in [9.17, 15) is 18.4 Å². The predicted molar refractivity (Wildman–Crippen MR) is 131 cm³/mol. The Kier molecular flexibility index (Phi) is 7.44. The molecular weight excluding hydrogens is 532 g/mol. The number of benzene rings is 2. The molecule has 0 aliphatic heterocycles. The van der Waals surface area contributed by atoms with E-state index in [-0.39, 0.29) is 33.6 Å². The van der Waals surface area contributed by atoms with Crippen LogP contribution >= 0.6 is 11.6 Å². The summed E-state index contributed by atoms with van der Waals surface area (Å²) in [6.45, 7) is -1.38. The quantitative estimate of drug-likeness (QED) is 0.314. The number of rotatable bonds is 7. The highest BCUT2D eigenvalue weighted by Crippen LogP contribution is 2.35. The molecular formula is C25H19ClF4N4O4. The van der Waals surface area contributed by atoms with Crippen LogP contribution in [0.4, 0.5) is 23.2 Å². The Labute approximate surface area is 218 Å². The summed E-state index contributed by atoms with van der Waals surface area (Å²) in [6.07, 6.45) is 1.39. The highest BCUT2D eigenvalue weighted by Gasteiger charge is 2.29. The van der Waals surface area contributed by atoms with E-state index in [2.05, 4.69) is 15.0 Å². The van der Waals surface area contributed by atoms with Crippen LogP contribution < -0.4 is 20.3 Å². The Balaban J connectivity index is 1.90. The van der Waals surface area contributed by atoms with Gasteiger partial charge < -0.3 is 14.8 Å². The van der Waals surface area contributed by atoms with Crippen LogP contribution in [0.1, 0.15) is 15.9 Å². The summed E-state index contributed by atoms with van der Waals surface area (Å²) in [4.78, 5) is 30.8. The minimum atomic E-state index is -3.06. The zero-order valence-electron chi connectivity index (χ0n) is 20.1. The van der Waals surface area contributed by atoms with Gasteiger partial charge >= 0.3 is 6.61 Å². The van der Waals surface area contributed by atoms with Crippen LogP contribution in [-0.2, 0) is 7.05 Å². The molecule has 0 spiro atoms. The number of ether oxygens (including phenoxy) is 2. The lowest BCUT2D eigenvalue weighted by molar-refractivity contribution is -0.0498. The fourth-order valence-corrected chi connectivity index (χ4v) is 3.98. The number of hydrogen-bond donors (Lipinski definition) is 1. The van der Waals surface area contributed by atoms with E-state index in [1.165, 1.54) is 32.5 Å². The van der Waals surface area contributed by atoms with E-state index in [0.717, 1.165) is 33.6 Å². The van der Waals surface area contributed by atoms with Gasteiger partial charge in [-0.05, 0) is 42.8 Å². The smallest absolute Gasteiger partial charge is 0.387 e. The molecule has 0 saturated heterocycles. The lowest BCUT2D eigenvalue weighted by Crippen LogP contribution is -2.24. The second-order valence-electron chi connectivity index (χ2n) is 7.95. The molecule has 2 aromatic carbocycles. The molecule has 0 bridgehead atoms. The van der Waals surface area contributed by atoms with Crippen LogP contribution in [0.2, 0.25) is 5.02 Å². The summed E-state index contributed by atoms with van der Waals surface area (Å²) in [5.41, 5.74) is -1.78. The minimum Gasteiger partial charge on any atom is -0.497 e. The van der Waals surface area contributed by atoms with Gasteiger partial charge in [0.15, 0.2) is 5.82 Å². The second kappa shape index (κ2) is 10.6. The number of halogens is 5. The number of nitrogens with zero attached hydrogens (tertiary/aromatic N) is 3.